The van der Waals surface area contributed by atoms with E-state index in [0.717, 1.165) is 31.8 Å². The second kappa shape index (κ2) is 5.58. The van der Waals surface area contributed by atoms with Crippen LogP contribution < -0.4 is 0 Å². The van der Waals surface area contributed by atoms with Crippen molar-refractivity contribution in [2.75, 3.05) is 13.1 Å². The van der Waals surface area contributed by atoms with Crippen LogP contribution in [-0.4, -0.2) is 23.9 Å². The maximum Gasteiger partial charge on any atom is 0.258 e. The highest BCUT2D eigenvalue weighted by Gasteiger charge is 2.25. The van der Waals surface area contributed by atoms with E-state index in [-0.39, 0.29) is 11.1 Å². The molecule has 0 bridgehead atoms. The van der Waals surface area contributed by atoms with Crippen LogP contribution in [0.4, 0.5) is 0 Å². The Morgan fingerprint density at radius 3 is 2.76 bits per heavy atom. The van der Waals surface area contributed by atoms with Crippen LogP contribution in [0.2, 0.25) is 5.22 Å². The SMILES string of the molecule is CCCC1CCN(C(=O)c2ccoc2Cl)CC1. The number of likely N-dealkylation sites (tertiary alicyclic amines) is 1. The van der Waals surface area contributed by atoms with Crippen molar-refractivity contribution in [3.05, 3.63) is 23.1 Å². The fourth-order valence-electron chi connectivity index (χ4n) is 2.45. The smallest absolute Gasteiger partial charge is 0.258 e. The molecule has 94 valence electrons. The standard InChI is InChI=1S/C13H18ClNO2/c1-2-3-10-4-7-15(8-5-10)13(16)11-6-9-17-12(11)14/h6,9-10H,2-5,7-8H2,1H3. The molecule has 0 aromatic carbocycles. The topological polar surface area (TPSA) is 33.5 Å². The number of carbonyl (C=O) groups is 1. The van der Waals surface area contributed by atoms with Crippen molar-refractivity contribution in [3.8, 4) is 0 Å². The van der Waals surface area contributed by atoms with Gasteiger partial charge in [-0.1, -0.05) is 19.8 Å². The van der Waals surface area contributed by atoms with Crippen molar-refractivity contribution in [1.82, 2.24) is 4.90 Å². The Bertz CT molecular complexity index is 381. The summed E-state index contributed by atoms with van der Waals surface area (Å²) >= 11 is 5.82. The average Bonchev–Trinajstić information content (AvgIpc) is 2.76. The van der Waals surface area contributed by atoms with Gasteiger partial charge >= 0.3 is 0 Å². The monoisotopic (exact) mass is 255 g/mol. The molecular weight excluding hydrogens is 238 g/mol. The molecule has 1 aliphatic heterocycles. The van der Waals surface area contributed by atoms with Gasteiger partial charge < -0.3 is 9.32 Å². The minimum absolute atomic E-state index is 0.00121. The zero-order valence-electron chi connectivity index (χ0n) is 10.1. The van der Waals surface area contributed by atoms with E-state index in [1.807, 2.05) is 4.90 Å². The highest BCUT2D eigenvalue weighted by Crippen LogP contribution is 2.25. The molecular formula is C13H18ClNO2. The van der Waals surface area contributed by atoms with E-state index in [4.69, 9.17) is 16.0 Å². The molecule has 0 radical (unpaired) electrons. The second-order valence-electron chi connectivity index (χ2n) is 4.63. The molecule has 0 aliphatic carbocycles. The minimum atomic E-state index is -0.00121. The van der Waals surface area contributed by atoms with Gasteiger partial charge in [0.1, 0.15) is 0 Å². The van der Waals surface area contributed by atoms with Crippen molar-refractivity contribution >= 4 is 17.5 Å². The molecule has 1 saturated heterocycles. The van der Waals surface area contributed by atoms with Gasteiger partial charge in [-0.05, 0) is 36.4 Å². The van der Waals surface area contributed by atoms with E-state index >= 15 is 0 Å². The van der Waals surface area contributed by atoms with Crippen molar-refractivity contribution in [3.63, 3.8) is 0 Å². The molecule has 0 unspecified atom stereocenters. The van der Waals surface area contributed by atoms with Crippen LogP contribution >= 0.6 is 11.6 Å². The predicted molar refractivity (Wildman–Crippen MR) is 67.3 cm³/mol. The van der Waals surface area contributed by atoms with Crippen LogP contribution in [0.5, 0.6) is 0 Å². The van der Waals surface area contributed by atoms with Crippen molar-refractivity contribution in [2.24, 2.45) is 5.92 Å². The van der Waals surface area contributed by atoms with E-state index in [9.17, 15) is 4.79 Å². The summed E-state index contributed by atoms with van der Waals surface area (Å²) in [5.74, 6) is 0.780. The number of nitrogens with zero attached hydrogens (tertiary/aromatic N) is 1. The summed E-state index contributed by atoms with van der Waals surface area (Å²) < 4.78 is 4.95. The maximum absolute atomic E-state index is 12.1. The molecule has 0 spiro atoms. The van der Waals surface area contributed by atoms with Crippen LogP contribution in [0.15, 0.2) is 16.7 Å². The predicted octanol–water partition coefficient (Wildman–Crippen LogP) is 3.59. The van der Waals surface area contributed by atoms with Gasteiger partial charge in [0.15, 0.2) is 0 Å². The lowest BCUT2D eigenvalue weighted by Gasteiger charge is -2.31. The van der Waals surface area contributed by atoms with Gasteiger partial charge in [0.05, 0.1) is 11.8 Å². The van der Waals surface area contributed by atoms with Gasteiger partial charge in [0.25, 0.3) is 5.91 Å². The lowest BCUT2D eigenvalue weighted by atomic mass is 9.92. The Labute approximate surface area is 107 Å². The Morgan fingerprint density at radius 1 is 1.53 bits per heavy atom. The van der Waals surface area contributed by atoms with Crippen molar-refractivity contribution < 1.29 is 9.21 Å². The molecule has 17 heavy (non-hydrogen) atoms. The molecule has 1 fully saturated rings. The third-order valence-electron chi connectivity index (χ3n) is 3.45. The lowest BCUT2D eigenvalue weighted by molar-refractivity contribution is 0.0686. The average molecular weight is 256 g/mol. The lowest BCUT2D eigenvalue weighted by Crippen LogP contribution is -2.38. The summed E-state index contributed by atoms with van der Waals surface area (Å²) in [4.78, 5) is 14.0. The van der Waals surface area contributed by atoms with Crippen LogP contribution in [0.25, 0.3) is 0 Å². The molecule has 1 aromatic heterocycles. The first-order valence-corrected chi connectivity index (χ1v) is 6.62. The quantitative estimate of drug-likeness (QED) is 0.827. The maximum atomic E-state index is 12.1. The summed E-state index contributed by atoms with van der Waals surface area (Å²) in [6, 6.07) is 1.64. The van der Waals surface area contributed by atoms with E-state index in [1.54, 1.807) is 6.07 Å². The molecule has 0 atom stereocenters. The molecule has 2 heterocycles. The van der Waals surface area contributed by atoms with Gasteiger partial charge in [-0.15, -0.1) is 0 Å². The zero-order valence-corrected chi connectivity index (χ0v) is 10.9. The van der Waals surface area contributed by atoms with Crippen LogP contribution in [-0.2, 0) is 0 Å². The largest absolute Gasteiger partial charge is 0.452 e. The van der Waals surface area contributed by atoms with E-state index in [2.05, 4.69) is 6.92 Å². The fraction of sp³-hybridized carbons (Fsp3) is 0.615. The van der Waals surface area contributed by atoms with Gasteiger partial charge in [-0.25, -0.2) is 0 Å². The third-order valence-corrected chi connectivity index (χ3v) is 3.74. The van der Waals surface area contributed by atoms with E-state index in [0.29, 0.717) is 5.56 Å². The molecule has 0 N–H and O–H groups in total. The second-order valence-corrected chi connectivity index (χ2v) is 4.98. The van der Waals surface area contributed by atoms with Gasteiger partial charge in [-0.3, -0.25) is 4.79 Å². The Hall–Kier alpha value is -0.960. The number of carbonyl (C=O) groups excluding carboxylic acids is 1. The summed E-state index contributed by atoms with van der Waals surface area (Å²) in [5, 5.41) is 0.200. The van der Waals surface area contributed by atoms with Gasteiger partial charge in [-0.2, -0.15) is 0 Å². The Morgan fingerprint density at radius 2 is 2.24 bits per heavy atom. The summed E-state index contributed by atoms with van der Waals surface area (Å²) in [6.45, 7) is 3.89. The van der Waals surface area contributed by atoms with Crippen LogP contribution in [0, 0.1) is 5.92 Å². The highest BCUT2D eigenvalue weighted by molar-refractivity contribution is 6.32. The Kier molecular flexibility index (Phi) is 4.11. The highest BCUT2D eigenvalue weighted by atomic mass is 35.5. The summed E-state index contributed by atoms with van der Waals surface area (Å²) in [6.07, 6.45) is 6.17. The number of hydrogen-bond acceptors (Lipinski definition) is 2. The Balaban J connectivity index is 1.93. The van der Waals surface area contributed by atoms with E-state index < -0.39 is 0 Å². The normalized spacial score (nSPS) is 17.4. The zero-order chi connectivity index (χ0) is 12.3. The number of piperidine rings is 1. The summed E-state index contributed by atoms with van der Waals surface area (Å²) in [5.41, 5.74) is 0.487. The molecule has 1 amide bonds. The van der Waals surface area contributed by atoms with Gasteiger partial charge in [0.2, 0.25) is 5.22 Å². The number of rotatable bonds is 3. The first-order chi connectivity index (χ1) is 8.22. The molecule has 4 heteroatoms. The van der Waals surface area contributed by atoms with Crippen molar-refractivity contribution in [1.29, 1.82) is 0 Å². The van der Waals surface area contributed by atoms with E-state index in [1.165, 1.54) is 19.1 Å². The first kappa shape index (κ1) is 12.5. The molecule has 1 aliphatic rings. The fourth-order valence-corrected chi connectivity index (χ4v) is 2.64. The minimum Gasteiger partial charge on any atom is -0.452 e. The number of halogens is 1. The molecule has 0 saturated carbocycles. The molecule has 1 aromatic rings. The number of amides is 1. The van der Waals surface area contributed by atoms with Crippen molar-refractivity contribution in [2.45, 2.75) is 32.6 Å². The van der Waals surface area contributed by atoms with Gasteiger partial charge in [0, 0.05) is 13.1 Å². The molecule has 3 nitrogen and oxygen atoms in total. The van der Waals surface area contributed by atoms with Crippen LogP contribution in [0.3, 0.4) is 0 Å². The summed E-state index contributed by atoms with van der Waals surface area (Å²) in [7, 11) is 0. The third kappa shape index (κ3) is 2.83. The first-order valence-electron chi connectivity index (χ1n) is 6.24. The number of hydrogen-bond donors (Lipinski definition) is 0. The molecule has 2 rings (SSSR count). The van der Waals surface area contributed by atoms with Crippen LogP contribution in [0.1, 0.15) is 43.0 Å². The number of furan rings is 1.